The molecule has 0 spiro atoms. The maximum absolute atomic E-state index is 14.5. The van der Waals surface area contributed by atoms with Gasteiger partial charge < -0.3 is 18.6 Å². The number of nitrogens with zero attached hydrogens (tertiary/aromatic N) is 3. The Hall–Kier alpha value is -3.37. The van der Waals surface area contributed by atoms with E-state index in [2.05, 4.69) is 38.8 Å². The summed E-state index contributed by atoms with van der Waals surface area (Å²) in [5.74, 6) is -3.60. The summed E-state index contributed by atoms with van der Waals surface area (Å²) in [6, 6.07) is 6.91. The molecule has 0 bridgehead atoms. The van der Waals surface area contributed by atoms with E-state index < -0.39 is 31.8 Å². The highest BCUT2D eigenvalue weighted by Gasteiger charge is 2.46. The average Bonchev–Trinajstić information content (AvgIpc) is 3.37. The van der Waals surface area contributed by atoms with Gasteiger partial charge in [0.2, 0.25) is 0 Å². The van der Waals surface area contributed by atoms with E-state index in [1.54, 1.807) is 18.3 Å². The Morgan fingerprint density at radius 1 is 1.07 bits per heavy atom. The minimum absolute atomic E-state index is 0.0285. The van der Waals surface area contributed by atoms with E-state index in [0.29, 0.717) is 37.0 Å². The van der Waals surface area contributed by atoms with Gasteiger partial charge in [-0.3, -0.25) is 4.79 Å². The zero-order valence-electron chi connectivity index (χ0n) is 25.9. The summed E-state index contributed by atoms with van der Waals surface area (Å²) in [7, 11) is -0.574. The van der Waals surface area contributed by atoms with Crippen molar-refractivity contribution in [2.75, 3.05) is 7.11 Å². The summed E-state index contributed by atoms with van der Waals surface area (Å²) in [5, 5.41) is -0.0285. The van der Waals surface area contributed by atoms with Gasteiger partial charge >= 0.3 is 0 Å². The van der Waals surface area contributed by atoms with Crippen molar-refractivity contribution in [1.29, 1.82) is 0 Å². The molecule has 2 aromatic carbocycles. The molecule has 3 heterocycles. The molecular formula is C33H40F3N3O3Si. The maximum Gasteiger partial charge on any atom is 0.250 e. The summed E-state index contributed by atoms with van der Waals surface area (Å²) in [6.07, 6.45) is 7.53. The molecule has 3 atom stereocenters. The first-order chi connectivity index (χ1) is 20.2. The quantitative estimate of drug-likeness (QED) is 0.162. The van der Waals surface area contributed by atoms with E-state index in [-0.39, 0.29) is 28.7 Å². The van der Waals surface area contributed by atoms with E-state index in [1.165, 1.54) is 0 Å². The van der Waals surface area contributed by atoms with Crippen molar-refractivity contribution in [3.63, 3.8) is 0 Å². The number of fused-ring (bicyclic) bond motifs is 1. The summed E-state index contributed by atoms with van der Waals surface area (Å²) in [6.45, 7) is 12.7. The molecule has 0 unspecified atom stereocenters. The van der Waals surface area contributed by atoms with Crippen molar-refractivity contribution in [2.45, 2.75) is 89.7 Å². The first-order valence-electron chi connectivity index (χ1n) is 14.7. The molecule has 0 N–H and O–H groups in total. The number of carbonyl (C=O) groups is 1. The lowest BCUT2D eigenvalue weighted by Gasteiger charge is -2.50. The van der Waals surface area contributed by atoms with Crippen LogP contribution in [0.3, 0.4) is 0 Å². The van der Waals surface area contributed by atoms with Gasteiger partial charge in [0.25, 0.3) is 5.91 Å². The Morgan fingerprint density at radius 3 is 2.37 bits per heavy atom. The first kappa shape index (κ1) is 31.1. The van der Waals surface area contributed by atoms with Crippen LogP contribution in [-0.4, -0.2) is 47.9 Å². The molecule has 3 aromatic rings. The van der Waals surface area contributed by atoms with Crippen LogP contribution in [-0.2, 0) is 9.22 Å². The molecule has 2 aliphatic rings. The third-order valence-corrected chi connectivity index (χ3v) is 13.7. The molecule has 43 heavy (non-hydrogen) atoms. The summed E-state index contributed by atoms with van der Waals surface area (Å²) < 4.78 is 57.2. The van der Waals surface area contributed by atoms with Crippen LogP contribution in [0.25, 0.3) is 11.8 Å². The number of imidazole rings is 1. The van der Waals surface area contributed by atoms with Crippen LogP contribution in [0.4, 0.5) is 13.2 Å². The molecule has 1 aromatic heterocycles. The molecule has 2 fully saturated rings. The van der Waals surface area contributed by atoms with Gasteiger partial charge in [-0.15, -0.1) is 0 Å². The number of hydrogen-bond acceptors (Lipinski definition) is 4. The van der Waals surface area contributed by atoms with E-state index in [0.717, 1.165) is 29.1 Å². The molecule has 10 heteroatoms. The molecule has 6 nitrogen and oxygen atoms in total. The molecule has 0 saturated carbocycles. The number of aromatic nitrogens is 2. The highest BCUT2D eigenvalue weighted by molar-refractivity contribution is 6.74. The number of aryl methyl sites for hydroxylation is 1. The highest BCUT2D eigenvalue weighted by Crippen LogP contribution is 2.45. The number of halogens is 3. The van der Waals surface area contributed by atoms with Crippen molar-refractivity contribution in [1.82, 2.24) is 14.5 Å². The second-order valence-corrected chi connectivity index (χ2v) is 18.0. The largest absolute Gasteiger partial charge is 0.495 e. The second-order valence-electron chi connectivity index (χ2n) is 13.2. The first-order valence-corrected chi connectivity index (χ1v) is 17.6. The number of piperidine rings is 2. The van der Waals surface area contributed by atoms with Gasteiger partial charge in [-0.25, -0.2) is 18.2 Å². The zero-order valence-corrected chi connectivity index (χ0v) is 26.9. The number of carbonyl (C=O) groups excluding carboxylic acids is 1. The van der Waals surface area contributed by atoms with Gasteiger partial charge in [0.15, 0.2) is 25.8 Å². The third kappa shape index (κ3) is 6.17. The lowest BCUT2D eigenvalue weighted by molar-refractivity contribution is -0.139. The molecule has 5 rings (SSSR count). The van der Waals surface area contributed by atoms with Crippen LogP contribution in [0.5, 0.6) is 5.75 Å². The second kappa shape index (κ2) is 11.6. The van der Waals surface area contributed by atoms with Gasteiger partial charge in [0, 0.05) is 23.9 Å². The van der Waals surface area contributed by atoms with E-state index in [9.17, 15) is 18.0 Å². The predicted octanol–water partition coefficient (Wildman–Crippen LogP) is 7.91. The van der Waals surface area contributed by atoms with Crippen LogP contribution in [0.2, 0.25) is 18.1 Å². The molecule has 2 saturated heterocycles. The van der Waals surface area contributed by atoms with Crippen molar-refractivity contribution >= 4 is 20.3 Å². The maximum atomic E-state index is 14.5. The predicted molar refractivity (Wildman–Crippen MR) is 163 cm³/mol. The van der Waals surface area contributed by atoms with E-state index in [1.807, 2.05) is 42.0 Å². The van der Waals surface area contributed by atoms with Crippen LogP contribution >= 0.6 is 0 Å². The number of amides is 1. The fourth-order valence-corrected chi connectivity index (χ4v) is 7.31. The van der Waals surface area contributed by atoms with E-state index in [4.69, 9.17) is 9.16 Å². The Morgan fingerprint density at radius 2 is 1.77 bits per heavy atom. The Balaban J connectivity index is 1.48. The smallest absolute Gasteiger partial charge is 0.250 e. The lowest BCUT2D eigenvalue weighted by atomic mass is 9.82. The molecule has 0 aliphatic carbocycles. The number of rotatable bonds is 6. The van der Waals surface area contributed by atoms with Crippen molar-refractivity contribution in [3.05, 3.63) is 82.7 Å². The summed E-state index contributed by atoms with van der Waals surface area (Å²) in [5.41, 5.74) is 3.34. The van der Waals surface area contributed by atoms with Crippen LogP contribution in [0.1, 0.15) is 69.3 Å². The summed E-state index contributed by atoms with van der Waals surface area (Å²) >= 11 is 0. The van der Waals surface area contributed by atoms with Gasteiger partial charge in [0.05, 0.1) is 30.9 Å². The normalized spacial score (nSPS) is 22.2. The number of ether oxygens (including phenoxy) is 1. The molecule has 1 amide bonds. The number of hydrogen-bond donors (Lipinski definition) is 0. The third-order valence-electron chi connectivity index (χ3n) is 9.20. The van der Waals surface area contributed by atoms with Gasteiger partial charge in [-0.1, -0.05) is 26.8 Å². The van der Waals surface area contributed by atoms with Crippen molar-refractivity contribution in [2.24, 2.45) is 0 Å². The minimum atomic E-state index is -2.17. The monoisotopic (exact) mass is 611 g/mol. The van der Waals surface area contributed by atoms with Gasteiger partial charge in [-0.05, 0) is 92.2 Å². The Bertz CT molecular complexity index is 1540. The molecule has 230 valence electrons. The molecular weight excluding hydrogens is 571 g/mol. The standard InChI is InChI=1S/C33H40F3N3O3Si/c1-20-18-38(19-37-20)28-11-8-21(13-30(28)41-5)12-22-9-10-24-16-25(42-43(6,7)33(2,3)4)17-29(39(24)32(22)40)23-14-26(34)31(36)27(35)15-23/h8,11-15,18-19,24-25,29H,9-10,16-17H2,1-7H3/t24-,25-,29-/m0/s1. The fraction of sp³-hybridized carbons (Fsp3) is 0.455. The minimum Gasteiger partial charge on any atom is -0.495 e. The molecule has 0 radical (unpaired) electrons. The topological polar surface area (TPSA) is 56.6 Å². The van der Waals surface area contributed by atoms with E-state index >= 15 is 0 Å². The van der Waals surface area contributed by atoms with Crippen molar-refractivity contribution < 1.29 is 27.1 Å². The Kier molecular flexibility index (Phi) is 8.39. The SMILES string of the molecule is COc1cc(C=C2CC[C@H]3C[C@H](O[Si](C)(C)C(C)(C)C)C[C@@H](c4cc(F)c(F)c(F)c4)N3C2=O)ccc1-n1cnc(C)c1. The highest BCUT2D eigenvalue weighted by atomic mass is 28.4. The zero-order chi connectivity index (χ0) is 31.3. The number of benzene rings is 2. The van der Waals surface area contributed by atoms with Gasteiger partial charge in [-0.2, -0.15) is 0 Å². The van der Waals surface area contributed by atoms with Crippen LogP contribution in [0, 0.1) is 24.4 Å². The average molecular weight is 612 g/mol. The van der Waals surface area contributed by atoms with Crippen molar-refractivity contribution in [3.8, 4) is 11.4 Å². The Labute approximate surface area is 252 Å². The van der Waals surface area contributed by atoms with Gasteiger partial charge in [0.1, 0.15) is 5.75 Å². The number of methoxy groups -OCH3 is 1. The fourth-order valence-electron chi connectivity index (χ4n) is 5.93. The lowest BCUT2D eigenvalue weighted by Crippen LogP contribution is -2.55. The molecule has 2 aliphatic heterocycles. The van der Waals surface area contributed by atoms with Crippen LogP contribution < -0.4 is 4.74 Å². The summed E-state index contributed by atoms with van der Waals surface area (Å²) in [4.78, 5) is 20.1. The van der Waals surface area contributed by atoms with Crippen LogP contribution in [0.15, 0.2) is 48.4 Å².